The minimum Gasteiger partial charge on any atom is -0.395 e. The topological polar surface area (TPSA) is 78.4 Å². The lowest BCUT2D eigenvalue weighted by Crippen LogP contribution is -2.18. The van der Waals surface area contributed by atoms with E-state index in [0.29, 0.717) is 6.54 Å². The highest BCUT2D eigenvalue weighted by atomic mass is 32.2. The molecule has 0 bridgehead atoms. The predicted octanol–water partition coefficient (Wildman–Crippen LogP) is -0.00110. The Balaban J connectivity index is 2.81. The molecule has 0 spiro atoms. The summed E-state index contributed by atoms with van der Waals surface area (Å²) in [6, 6.07) is 6.32. The maximum Gasteiger partial charge on any atom is 0.240 e. The molecule has 1 aromatic carbocycles. The molecule has 0 aliphatic rings. The average Bonchev–Trinajstić information content (AvgIpc) is 2.27. The fourth-order valence-electron chi connectivity index (χ4n) is 1.07. The molecule has 0 unspecified atom stereocenters. The lowest BCUT2D eigenvalue weighted by atomic mass is 10.3. The standard InChI is InChI=1S/C9H14N2O3S/c1-10-15(13,14)9-4-2-8(3-5-9)11-6-7-12/h2-5,10-12H,6-7H2,1H3. The van der Waals surface area contributed by atoms with Crippen LogP contribution in [0.5, 0.6) is 0 Å². The van der Waals surface area contributed by atoms with Gasteiger partial charge in [0.15, 0.2) is 0 Å². The van der Waals surface area contributed by atoms with E-state index in [1.165, 1.54) is 19.2 Å². The number of benzene rings is 1. The van der Waals surface area contributed by atoms with Gasteiger partial charge >= 0.3 is 0 Å². The van der Waals surface area contributed by atoms with E-state index < -0.39 is 10.0 Å². The average molecular weight is 230 g/mol. The van der Waals surface area contributed by atoms with Crippen molar-refractivity contribution in [1.82, 2.24) is 4.72 Å². The Bertz CT molecular complexity index is 400. The quantitative estimate of drug-likeness (QED) is 0.665. The Morgan fingerprint density at radius 2 is 1.87 bits per heavy atom. The van der Waals surface area contributed by atoms with Crippen molar-refractivity contribution in [3.05, 3.63) is 24.3 Å². The first-order valence-electron chi connectivity index (χ1n) is 4.48. The summed E-state index contributed by atoms with van der Waals surface area (Å²) in [7, 11) is -1.99. The van der Waals surface area contributed by atoms with Gasteiger partial charge in [0.25, 0.3) is 0 Å². The zero-order chi connectivity index (χ0) is 11.3. The normalized spacial score (nSPS) is 11.3. The van der Waals surface area contributed by atoms with Crippen LogP contribution in [-0.2, 0) is 10.0 Å². The van der Waals surface area contributed by atoms with E-state index in [0.717, 1.165) is 5.69 Å². The minimum absolute atomic E-state index is 0.0383. The van der Waals surface area contributed by atoms with Crippen LogP contribution in [0.15, 0.2) is 29.2 Å². The largest absolute Gasteiger partial charge is 0.395 e. The van der Waals surface area contributed by atoms with Crippen LogP contribution in [0, 0.1) is 0 Å². The van der Waals surface area contributed by atoms with Crippen molar-refractivity contribution < 1.29 is 13.5 Å². The second-order valence-corrected chi connectivity index (χ2v) is 4.77. The Kier molecular flexibility index (Phi) is 4.07. The molecule has 0 aromatic heterocycles. The van der Waals surface area contributed by atoms with Crippen LogP contribution >= 0.6 is 0 Å². The molecule has 0 aliphatic heterocycles. The van der Waals surface area contributed by atoms with E-state index in [-0.39, 0.29) is 11.5 Å². The SMILES string of the molecule is CNS(=O)(=O)c1ccc(NCCO)cc1. The number of aliphatic hydroxyl groups excluding tert-OH is 1. The highest BCUT2D eigenvalue weighted by Gasteiger charge is 2.09. The van der Waals surface area contributed by atoms with Gasteiger partial charge in [-0.05, 0) is 31.3 Å². The van der Waals surface area contributed by atoms with E-state index in [1.54, 1.807) is 12.1 Å². The third kappa shape index (κ3) is 3.19. The van der Waals surface area contributed by atoms with Gasteiger partial charge in [-0.2, -0.15) is 0 Å². The maximum atomic E-state index is 11.4. The molecule has 84 valence electrons. The molecule has 0 heterocycles. The molecule has 15 heavy (non-hydrogen) atoms. The fourth-order valence-corrected chi connectivity index (χ4v) is 1.80. The smallest absolute Gasteiger partial charge is 0.240 e. The lowest BCUT2D eigenvalue weighted by molar-refractivity contribution is 0.311. The second kappa shape index (κ2) is 5.11. The van der Waals surface area contributed by atoms with Gasteiger partial charge in [-0.3, -0.25) is 0 Å². The van der Waals surface area contributed by atoms with Crippen LogP contribution in [0.3, 0.4) is 0 Å². The molecule has 0 saturated carbocycles. The first-order valence-corrected chi connectivity index (χ1v) is 5.97. The van der Waals surface area contributed by atoms with Gasteiger partial charge < -0.3 is 10.4 Å². The molecular weight excluding hydrogens is 216 g/mol. The molecular formula is C9H14N2O3S. The molecule has 1 aromatic rings. The van der Waals surface area contributed by atoms with Crippen molar-refractivity contribution in [3.8, 4) is 0 Å². The highest BCUT2D eigenvalue weighted by molar-refractivity contribution is 7.89. The molecule has 1 rings (SSSR count). The number of nitrogens with one attached hydrogen (secondary N) is 2. The van der Waals surface area contributed by atoms with Gasteiger partial charge in [-0.1, -0.05) is 0 Å². The summed E-state index contributed by atoms with van der Waals surface area (Å²) in [6.07, 6.45) is 0. The lowest BCUT2D eigenvalue weighted by Gasteiger charge is -2.06. The summed E-state index contributed by atoms with van der Waals surface area (Å²) >= 11 is 0. The van der Waals surface area contributed by atoms with E-state index in [1.807, 2.05) is 0 Å². The van der Waals surface area contributed by atoms with Crippen molar-refractivity contribution in [2.45, 2.75) is 4.90 Å². The number of hydrogen-bond acceptors (Lipinski definition) is 4. The number of aliphatic hydroxyl groups is 1. The van der Waals surface area contributed by atoms with Crippen LogP contribution in [0.25, 0.3) is 0 Å². The Labute approximate surface area is 89.2 Å². The monoisotopic (exact) mass is 230 g/mol. The van der Waals surface area contributed by atoms with E-state index in [2.05, 4.69) is 10.0 Å². The summed E-state index contributed by atoms with van der Waals surface area (Å²) in [6.45, 7) is 0.481. The summed E-state index contributed by atoms with van der Waals surface area (Å²) in [4.78, 5) is 0.222. The van der Waals surface area contributed by atoms with Crippen molar-refractivity contribution in [1.29, 1.82) is 0 Å². The molecule has 0 amide bonds. The summed E-state index contributed by atoms with van der Waals surface area (Å²) < 4.78 is 24.9. The minimum atomic E-state index is -3.36. The summed E-state index contributed by atoms with van der Waals surface area (Å²) in [5, 5.41) is 11.5. The molecule has 6 heteroatoms. The van der Waals surface area contributed by atoms with Crippen LogP contribution in [0.4, 0.5) is 5.69 Å². The summed E-state index contributed by atoms with van der Waals surface area (Å²) in [5.74, 6) is 0. The van der Waals surface area contributed by atoms with Crippen molar-refractivity contribution in [3.63, 3.8) is 0 Å². The predicted molar refractivity (Wildman–Crippen MR) is 58.3 cm³/mol. The van der Waals surface area contributed by atoms with Gasteiger partial charge in [0.1, 0.15) is 0 Å². The summed E-state index contributed by atoms with van der Waals surface area (Å²) in [5.41, 5.74) is 0.777. The third-order valence-corrected chi connectivity index (χ3v) is 3.30. The van der Waals surface area contributed by atoms with Gasteiger partial charge in [-0.25, -0.2) is 13.1 Å². The third-order valence-electron chi connectivity index (χ3n) is 1.87. The first-order chi connectivity index (χ1) is 7.10. The van der Waals surface area contributed by atoms with Gasteiger partial charge in [-0.15, -0.1) is 0 Å². The Morgan fingerprint density at radius 3 is 2.33 bits per heavy atom. The zero-order valence-electron chi connectivity index (χ0n) is 8.40. The van der Waals surface area contributed by atoms with E-state index >= 15 is 0 Å². The Hall–Kier alpha value is -1.11. The van der Waals surface area contributed by atoms with Crippen LogP contribution in [0.1, 0.15) is 0 Å². The zero-order valence-corrected chi connectivity index (χ0v) is 9.21. The molecule has 0 radical (unpaired) electrons. The van der Waals surface area contributed by atoms with Crippen molar-refractivity contribution in [2.24, 2.45) is 0 Å². The second-order valence-electron chi connectivity index (χ2n) is 2.88. The number of sulfonamides is 1. The van der Waals surface area contributed by atoms with Gasteiger partial charge in [0, 0.05) is 12.2 Å². The van der Waals surface area contributed by atoms with Crippen molar-refractivity contribution >= 4 is 15.7 Å². The molecule has 0 fully saturated rings. The molecule has 0 aliphatic carbocycles. The molecule has 0 saturated heterocycles. The van der Waals surface area contributed by atoms with E-state index in [4.69, 9.17) is 5.11 Å². The number of hydrogen-bond donors (Lipinski definition) is 3. The van der Waals surface area contributed by atoms with Crippen LogP contribution in [0.2, 0.25) is 0 Å². The Morgan fingerprint density at radius 1 is 1.27 bits per heavy atom. The first kappa shape index (κ1) is 12.0. The van der Waals surface area contributed by atoms with Gasteiger partial charge in [0.2, 0.25) is 10.0 Å². The van der Waals surface area contributed by atoms with Crippen LogP contribution < -0.4 is 10.0 Å². The van der Waals surface area contributed by atoms with E-state index in [9.17, 15) is 8.42 Å². The van der Waals surface area contributed by atoms with Gasteiger partial charge in [0.05, 0.1) is 11.5 Å². The highest BCUT2D eigenvalue weighted by Crippen LogP contribution is 2.13. The molecule has 0 atom stereocenters. The maximum absolute atomic E-state index is 11.4. The number of anilines is 1. The molecule has 5 nitrogen and oxygen atoms in total. The van der Waals surface area contributed by atoms with Crippen molar-refractivity contribution in [2.75, 3.05) is 25.5 Å². The van der Waals surface area contributed by atoms with Crippen LogP contribution in [-0.4, -0.2) is 33.7 Å². The number of rotatable bonds is 5. The fraction of sp³-hybridized carbons (Fsp3) is 0.333. The molecule has 3 N–H and O–H groups in total.